The van der Waals surface area contributed by atoms with Crippen LogP contribution in [0.15, 0.2) is 35.7 Å². The lowest BCUT2D eigenvalue weighted by Gasteiger charge is -2.37. The molecule has 0 saturated heterocycles. The van der Waals surface area contributed by atoms with Crippen LogP contribution >= 0.6 is 11.3 Å². The van der Waals surface area contributed by atoms with Gasteiger partial charge in [-0.1, -0.05) is 6.07 Å². The van der Waals surface area contributed by atoms with E-state index in [1.165, 1.54) is 0 Å². The first-order valence-corrected chi connectivity index (χ1v) is 8.41. The van der Waals surface area contributed by atoms with Crippen molar-refractivity contribution in [3.8, 4) is 0 Å². The summed E-state index contributed by atoms with van der Waals surface area (Å²) >= 11 is 1.63. The summed E-state index contributed by atoms with van der Waals surface area (Å²) in [6, 6.07) is 9.22. The smallest absolute Gasteiger partial charge is 0.251 e. The van der Waals surface area contributed by atoms with Crippen LogP contribution in [0.25, 0.3) is 11.0 Å². The molecule has 7 heteroatoms. The summed E-state index contributed by atoms with van der Waals surface area (Å²) in [7, 11) is 0. The normalized spacial score (nSPS) is 21.8. The summed E-state index contributed by atoms with van der Waals surface area (Å²) in [5, 5.41) is 25.3. The van der Waals surface area contributed by atoms with E-state index in [4.69, 9.17) is 0 Å². The minimum Gasteiger partial charge on any atom is -0.393 e. The molecule has 1 atom stereocenters. The van der Waals surface area contributed by atoms with Gasteiger partial charge in [-0.2, -0.15) is 15.4 Å². The Labute approximate surface area is 136 Å². The van der Waals surface area contributed by atoms with Crippen LogP contribution in [0.3, 0.4) is 0 Å². The third-order valence-electron chi connectivity index (χ3n) is 4.34. The zero-order valence-electron chi connectivity index (χ0n) is 12.3. The van der Waals surface area contributed by atoms with Crippen molar-refractivity contribution in [2.45, 2.75) is 25.0 Å². The number of carbonyl (C=O) groups is 1. The monoisotopic (exact) mass is 328 g/mol. The van der Waals surface area contributed by atoms with Crippen LogP contribution in [0.5, 0.6) is 0 Å². The summed E-state index contributed by atoms with van der Waals surface area (Å²) in [6.07, 6.45) is 1.21. The van der Waals surface area contributed by atoms with Gasteiger partial charge in [-0.3, -0.25) is 4.79 Å². The Morgan fingerprint density at radius 1 is 1.30 bits per heavy atom. The van der Waals surface area contributed by atoms with Crippen LogP contribution in [0.4, 0.5) is 0 Å². The van der Waals surface area contributed by atoms with Gasteiger partial charge in [-0.15, -0.1) is 11.3 Å². The zero-order valence-corrected chi connectivity index (χ0v) is 13.1. The average Bonchev–Trinajstić information content (AvgIpc) is 3.19. The SMILES string of the molecule is O=C(NC(c1cccs1)C1CC(O)C1)c1ccc2n[nH]nc2c1. The highest BCUT2D eigenvalue weighted by Crippen LogP contribution is 2.39. The molecule has 1 amide bonds. The van der Waals surface area contributed by atoms with Crippen LogP contribution in [0.2, 0.25) is 0 Å². The largest absolute Gasteiger partial charge is 0.393 e. The molecule has 2 aromatic heterocycles. The Morgan fingerprint density at radius 2 is 2.13 bits per heavy atom. The molecule has 118 valence electrons. The Balaban J connectivity index is 1.56. The van der Waals surface area contributed by atoms with Crippen molar-refractivity contribution in [1.82, 2.24) is 20.7 Å². The fourth-order valence-electron chi connectivity index (χ4n) is 3.00. The van der Waals surface area contributed by atoms with Crippen molar-refractivity contribution in [1.29, 1.82) is 0 Å². The van der Waals surface area contributed by atoms with E-state index >= 15 is 0 Å². The van der Waals surface area contributed by atoms with E-state index in [2.05, 4.69) is 20.7 Å². The number of amides is 1. The third kappa shape index (κ3) is 2.73. The number of fused-ring (bicyclic) bond motifs is 1. The number of aromatic nitrogens is 3. The lowest BCUT2D eigenvalue weighted by atomic mass is 9.76. The number of thiophene rings is 1. The van der Waals surface area contributed by atoms with E-state index in [-0.39, 0.29) is 24.0 Å². The Hall–Kier alpha value is -2.25. The van der Waals surface area contributed by atoms with Gasteiger partial charge in [0.2, 0.25) is 0 Å². The minimum absolute atomic E-state index is 0.0566. The highest BCUT2D eigenvalue weighted by atomic mass is 32.1. The van der Waals surface area contributed by atoms with Crippen molar-refractivity contribution >= 4 is 28.3 Å². The Morgan fingerprint density at radius 3 is 2.87 bits per heavy atom. The summed E-state index contributed by atoms with van der Waals surface area (Å²) in [4.78, 5) is 13.7. The number of aromatic amines is 1. The Kier molecular flexibility index (Phi) is 3.59. The summed E-state index contributed by atoms with van der Waals surface area (Å²) in [5.74, 6) is 0.151. The molecule has 6 nitrogen and oxygen atoms in total. The molecular weight excluding hydrogens is 312 g/mol. The maximum Gasteiger partial charge on any atom is 0.251 e. The molecule has 1 fully saturated rings. The second-order valence-electron chi connectivity index (χ2n) is 5.88. The standard InChI is InChI=1S/C16H16N4O2S/c21-11-6-10(7-11)15(14-2-1-5-23-14)17-16(22)9-3-4-12-13(8-9)19-20-18-12/h1-5,8,10-11,15,21H,6-7H2,(H,17,22)(H,18,19,20). The molecule has 0 spiro atoms. The molecule has 0 bridgehead atoms. The number of aliphatic hydroxyl groups is 1. The summed E-state index contributed by atoms with van der Waals surface area (Å²) in [5.41, 5.74) is 1.97. The Bertz CT molecular complexity index is 824. The van der Waals surface area contributed by atoms with Crippen LogP contribution in [0, 0.1) is 5.92 Å². The number of benzene rings is 1. The zero-order chi connectivity index (χ0) is 15.8. The maximum atomic E-state index is 12.6. The molecule has 1 saturated carbocycles. The highest BCUT2D eigenvalue weighted by molar-refractivity contribution is 7.10. The van der Waals surface area contributed by atoms with E-state index in [9.17, 15) is 9.90 Å². The van der Waals surface area contributed by atoms with Gasteiger partial charge in [0.1, 0.15) is 11.0 Å². The lowest BCUT2D eigenvalue weighted by Crippen LogP contribution is -2.41. The first-order chi connectivity index (χ1) is 11.2. The molecular formula is C16H16N4O2S. The van der Waals surface area contributed by atoms with Crippen molar-refractivity contribution in [2.75, 3.05) is 0 Å². The van der Waals surface area contributed by atoms with Crippen molar-refractivity contribution in [3.63, 3.8) is 0 Å². The number of H-pyrrole nitrogens is 1. The van der Waals surface area contributed by atoms with Crippen molar-refractivity contribution in [3.05, 3.63) is 46.2 Å². The van der Waals surface area contributed by atoms with Crippen LogP contribution in [0.1, 0.15) is 34.1 Å². The van der Waals surface area contributed by atoms with Gasteiger partial charge >= 0.3 is 0 Å². The second-order valence-corrected chi connectivity index (χ2v) is 6.86. The molecule has 0 aliphatic heterocycles. The highest BCUT2D eigenvalue weighted by Gasteiger charge is 2.36. The fourth-order valence-corrected chi connectivity index (χ4v) is 3.87. The first-order valence-electron chi connectivity index (χ1n) is 7.53. The van der Waals surface area contributed by atoms with Gasteiger partial charge in [0.15, 0.2) is 0 Å². The quantitative estimate of drug-likeness (QED) is 0.685. The first kappa shape index (κ1) is 14.3. The van der Waals surface area contributed by atoms with E-state index in [1.807, 2.05) is 17.5 Å². The molecule has 1 aromatic carbocycles. The molecule has 1 unspecified atom stereocenters. The van der Waals surface area contributed by atoms with E-state index in [0.29, 0.717) is 11.1 Å². The van der Waals surface area contributed by atoms with E-state index in [1.54, 1.807) is 29.5 Å². The number of carbonyl (C=O) groups excluding carboxylic acids is 1. The molecule has 23 heavy (non-hydrogen) atoms. The fraction of sp³-hybridized carbons (Fsp3) is 0.312. The van der Waals surface area contributed by atoms with Crippen LogP contribution in [-0.2, 0) is 0 Å². The lowest BCUT2D eigenvalue weighted by molar-refractivity contribution is 0.0241. The van der Waals surface area contributed by atoms with E-state index < -0.39 is 0 Å². The maximum absolute atomic E-state index is 12.6. The number of hydrogen-bond acceptors (Lipinski definition) is 5. The topological polar surface area (TPSA) is 90.9 Å². The molecule has 3 N–H and O–H groups in total. The molecule has 1 aliphatic rings. The summed E-state index contributed by atoms with van der Waals surface area (Å²) < 4.78 is 0. The molecule has 1 aliphatic carbocycles. The van der Waals surface area contributed by atoms with Gasteiger partial charge in [-0.05, 0) is 48.4 Å². The molecule has 0 radical (unpaired) electrons. The average molecular weight is 328 g/mol. The number of rotatable bonds is 4. The predicted molar refractivity (Wildman–Crippen MR) is 87.1 cm³/mol. The van der Waals surface area contributed by atoms with Gasteiger partial charge in [-0.25, -0.2) is 0 Å². The number of nitrogens with zero attached hydrogens (tertiary/aromatic N) is 2. The molecule has 4 rings (SSSR count). The summed E-state index contributed by atoms with van der Waals surface area (Å²) in [6.45, 7) is 0. The number of aliphatic hydroxyl groups excluding tert-OH is 1. The van der Waals surface area contributed by atoms with Crippen LogP contribution < -0.4 is 5.32 Å². The van der Waals surface area contributed by atoms with Crippen molar-refractivity contribution < 1.29 is 9.90 Å². The van der Waals surface area contributed by atoms with Crippen molar-refractivity contribution in [2.24, 2.45) is 5.92 Å². The number of hydrogen-bond donors (Lipinski definition) is 3. The third-order valence-corrected chi connectivity index (χ3v) is 5.29. The van der Waals surface area contributed by atoms with Gasteiger partial charge in [0.05, 0.1) is 12.1 Å². The van der Waals surface area contributed by atoms with Crippen LogP contribution in [-0.4, -0.2) is 32.5 Å². The molecule has 3 aromatic rings. The number of nitrogens with one attached hydrogen (secondary N) is 2. The van der Waals surface area contributed by atoms with Gasteiger partial charge in [0.25, 0.3) is 5.91 Å². The minimum atomic E-state index is -0.245. The molecule has 2 heterocycles. The van der Waals surface area contributed by atoms with E-state index in [0.717, 1.165) is 23.2 Å². The predicted octanol–water partition coefficient (Wildman–Crippen LogP) is 2.26. The van der Waals surface area contributed by atoms with Gasteiger partial charge < -0.3 is 10.4 Å². The second kappa shape index (κ2) is 5.75. The van der Waals surface area contributed by atoms with Gasteiger partial charge in [0, 0.05) is 10.4 Å².